The van der Waals surface area contributed by atoms with E-state index in [-0.39, 0.29) is 0 Å². The van der Waals surface area contributed by atoms with E-state index in [1.165, 1.54) is 0 Å². The predicted molar refractivity (Wildman–Crippen MR) is 63.0 cm³/mol. The van der Waals surface area contributed by atoms with Crippen molar-refractivity contribution < 1.29 is 0 Å². The van der Waals surface area contributed by atoms with Crippen LogP contribution in [0.2, 0.25) is 0 Å². The van der Waals surface area contributed by atoms with Crippen LogP contribution in [0.1, 0.15) is 6.42 Å². The van der Waals surface area contributed by atoms with Gasteiger partial charge in [0.2, 0.25) is 0 Å². The van der Waals surface area contributed by atoms with Gasteiger partial charge in [0.15, 0.2) is 0 Å². The molecule has 0 fully saturated rings. The van der Waals surface area contributed by atoms with Crippen LogP contribution in [0, 0.1) is 0 Å². The van der Waals surface area contributed by atoms with Gasteiger partial charge in [0.25, 0.3) is 0 Å². The highest BCUT2D eigenvalue weighted by Crippen LogP contribution is 2.16. The molecular formula is C12H13ClN2. The number of nitrogens with zero attached hydrogens (tertiary/aromatic N) is 2. The van der Waals surface area contributed by atoms with E-state index in [1.807, 2.05) is 30.6 Å². The van der Waals surface area contributed by atoms with Gasteiger partial charge in [0, 0.05) is 30.4 Å². The molecule has 2 aromatic rings. The normalized spacial score (nSPS) is 10.5. The maximum Gasteiger partial charge on any atom is 0.139 e. The van der Waals surface area contributed by atoms with E-state index in [4.69, 9.17) is 11.6 Å². The van der Waals surface area contributed by atoms with Gasteiger partial charge in [-0.25, -0.2) is 4.98 Å². The van der Waals surface area contributed by atoms with Crippen LogP contribution in [0.3, 0.4) is 0 Å². The third-order valence-corrected chi connectivity index (χ3v) is 2.55. The first-order valence-electron chi connectivity index (χ1n) is 5.04. The van der Waals surface area contributed by atoms with E-state index < -0.39 is 0 Å². The first-order chi connectivity index (χ1) is 7.42. The first kappa shape index (κ1) is 10.2. The van der Waals surface area contributed by atoms with Crippen molar-refractivity contribution in [3.8, 4) is 11.4 Å². The van der Waals surface area contributed by atoms with Crippen LogP contribution >= 0.6 is 11.6 Å². The van der Waals surface area contributed by atoms with Crippen molar-refractivity contribution in [1.82, 2.24) is 9.55 Å². The Labute approximate surface area is 94.5 Å². The standard InChI is InChI=1S/C12H13ClN2/c13-7-4-9-15-10-8-14-12(15)11-5-2-1-3-6-11/h1-3,5-6,8,10H,4,7,9H2. The number of hydrogen-bond donors (Lipinski definition) is 0. The van der Waals surface area contributed by atoms with Crippen molar-refractivity contribution in [3.63, 3.8) is 0 Å². The number of rotatable bonds is 4. The Balaban J connectivity index is 2.25. The Morgan fingerprint density at radius 2 is 2.00 bits per heavy atom. The monoisotopic (exact) mass is 220 g/mol. The summed E-state index contributed by atoms with van der Waals surface area (Å²) in [7, 11) is 0. The number of imidazole rings is 1. The average molecular weight is 221 g/mol. The van der Waals surface area contributed by atoms with Gasteiger partial charge < -0.3 is 4.57 Å². The molecule has 0 spiro atoms. The smallest absolute Gasteiger partial charge is 0.139 e. The molecule has 2 rings (SSSR count). The molecule has 0 N–H and O–H groups in total. The molecule has 1 heterocycles. The minimum absolute atomic E-state index is 0.687. The number of halogens is 1. The van der Waals surface area contributed by atoms with Crippen LogP contribution in [0.25, 0.3) is 11.4 Å². The van der Waals surface area contributed by atoms with Crippen LogP contribution in [0.5, 0.6) is 0 Å². The van der Waals surface area contributed by atoms with Gasteiger partial charge >= 0.3 is 0 Å². The van der Waals surface area contributed by atoms with Gasteiger partial charge in [-0.2, -0.15) is 0 Å². The summed E-state index contributed by atoms with van der Waals surface area (Å²) in [5.74, 6) is 1.70. The molecular weight excluding hydrogens is 208 g/mol. The van der Waals surface area contributed by atoms with Crippen LogP contribution in [0.4, 0.5) is 0 Å². The molecule has 1 aromatic heterocycles. The first-order valence-corrected chi connectivity index (χ1v) is 5.58. The Morgan fingerprint density at radius 3 is 2.73 bits per heavy atom. The SMILES string of the molecule is ClCCCn1ccnc1-c1ccccc1. The zero-order valence-electron chi connectivity index (χ0n) is 8.44. The number of hydrogen-bond acceptors (Lipinski definition) is 1. The van der Waals surface area contributed by atoms with Crippen molar-refractivity contribution in [1.29, 1.82) is 0 Å². The molecule has 0 atom stereocenters. The largest absolute Gasteiger partial charge is 0.331 e. The van der Waals surface area contributed by atoms with E-state index in [0.29, 0.717) is 5.88 Å². The highest BCUT2D eigenvalue weighted by atomic mass is 35.5. The lowest BCUT2D eigenvalue weighted by molar-refractivity contribution is 0.689. The number of aromatic nitrogens is 2. The van der Waals surface area contributed by atoms with Gasteiger partial charge in [-0.1, -0.05) is 30.3 Å². The highest BCUT2D eigenvalue weighted by Gasteiger charge is 2.03. The molecule has 0 aliphatic rings. The Bertz CT molecular complexity index is 409. The molecule has 0 saturated carbocycles. The second kappa shape index (κ2) is 4.99. The van der Waals surface area contributed by atoms with Crippen molar-refractivity contribution in [3.05, 3.63) is 42.7 Å². The summed E-state index contributed by atoms with van der Waals surface area (Å²) in [6.07, 6.45) is 4.79. The average Bonchev–Trinajstić information content (AvgIpc) is 2.75. The zero-order valence-corrected chi connectivity index (χ0v) is 9.19. The lowest BCUT2D eigenvalue weighted by atomic mass is 10.2. The number of alkyl halides is 1. The fraction of sp³-hybridized carbons (Fsp3) is 0.250. The third kappa shape index (κ3) is 2.39. The molecule has 0 radical (unpaired) electrons. The summed E-state index contributed by atoms with van der Waals surface area (Å²) in [6, 6.07) is 10.2. The summed E-state index contributed by atoms with van der Waals surface area (Å²) in [6.45, 7) is 0.924. The lowest BCUT2D eigenvalue weighted by Gasteiger charge is -2.06. The summed E-state index contributed by atoms with van der Waals surface area (Å²) in [5, 5.41) is 0. The van der Waals surface area contributed by atoms with E-state index in [0.717, 1.165) is 24.4 Å². The highest BCUT2D eigenvalue weighted by molar-refractivity contribution is 6.17. The predicted octanol–water partition coefficient (Wildman–Crippen LogP) is 3.18. The molecule has 78 valence electrons. The summed E-state index contributed by atoms with van der Waals surface area (Å²) >= 11 is 5.68. The molecule has 0 unspecified atom stereocenters. The Hall–Kier alpha value is -1.28. The third-order valence-electron chi connectivity index (χ3n) is 2.28. The molecule has 0 aliphatic carbocycles. The maximum absolute atomic E-state index is 5.68. The lowest BCUT2D eigenvalue weighted by Crippen LogP contribution is -1.99. The van der Waals surface area contributed by atoms with Gasteiger partial charge in [0.05, 0.1) is 0 Å². The van der Waals surface area contributed by atoms with Crippen LogP contribution in [0.15, 0.2) is 42.7 Å². The number of aryl methyl sites for hydroxylation is 1. The summed E-state index contributed by atoms with van der Waals surface area (Å²) < 4.78 is 2.14. The maximum atomic E-state index is 5.68. The van der Waals surface area contributed by atoms with Gasteiger partial charge in [-0.05, 0) is 6.42 Å². The molecule has 0 amide bonds. The Morgan fingerprint density at radius 1 is 1.20 bits per heavy atom. The molecule has 2 nitrogen and oxygen atoms in total. The fourth-order valence-electron chi connectivity index (χ4n) is 1.57. The van der Waals surface area contributed by atoms with E-state index in [1.54, 1.807) is 0 Å². The topological polar surface area (TPSA) is 17.8 Å². The van der Waals surface area contributed by atoms with E-state index in [2.05, 4.69) is 21.7 Å². The minimum atomic E-state index is 0.687. The quantitative estimate of drug-likeness (QED) is 0.724. The van der Waals surface area contributed by atoms with Crippen molar-refractivity contribution in [2.45, 2.75) is 13.0 Å². The van der Waals surface area contributed by atoms with Crippen LogP contribution in [-0.2, 0) is 6.54 Å². The number of benzene rings is 1. The molecule has 0 bridgehead atoms. The second-order valence-corrected chi connectivity index (χ2v) is 3.73. The van der Waals surface area contributed by atoms with Crippen molar-refractivity contribution >= 4 is 11.6 Å². The van der Waals surface area contributed by atoms with Crippen molar-refractivity contribution in [2.75, 3.05) is 5.88 Å². The van der Waals surface area contributed by atoms with Crippen molar-refractivity contribution in [2.24, 2.45) is 0 Å². The van der Waals surface area contributed by atoms with Crippen LogP contribution < -0.4 is 0 Å². The minimum Gasteiger partial charge on any atom is -0.331 e. The van der Waals surface area contributed by atoms with Gasteiger partial charge in [-0.3, -0.25) is 0 Å². The molecule has 0 aliphatic heterocycles. The van der Waals surface area contributed by atoms with Gasteiger partial charge in [-0.15, -0.1) is 11.6 Å². The van der Waals surface area contributed by atoms with Gasteiger partial charge in [0.1, 0.15) is 5.82 Å². The Kier molecular flexibility index (Phi) is 3.41. The molecule has 1 aromatic carbocycles. The molecule has 15 heavy (non-hydrogen) atoms. The summed E-state index contributed by atoms with van der Waals surface area (Å²) in [4.78, 5) is 4.36. The zero-order chi connectivity index (χ0) is 10.5. The molecule has 0 saturated heterocycles. The summed E-state index contributed by atoms with van der Waals surface area (Å²) in [5.41, 5.74) is 1.15. The second-order valence-electron chi connectivity index (χ2n) is 3.35. The van der Waals surface area contributed by atoms with E-state index in [9.17, 15) is 0 Å². The van der Waals surface area contributed by atoms with E-state index >= 15 is 0 Å². The fourth-order valence-corrected chi connectivity index (χ4v) is 1.69. The van der Waals surface area contributed by atoms with Crippen LogP contribution in [-0.4, -0.2) is 15.4 Å². The molecule has 3 heteroatoms.